The van der Waals surface area contributed by atoms with Crippen LogP contribution in [0.15, 0.2) is 24.5 Å². The Labute approximate surface area is 104 Å². The number of nitrogens with two attached hydrogens (primary N) is 1. The summed E-state index contributed by atoms with van der Waals surface area (Å²) in [6.45, 7) is 3.60. The Morgan fingerprint density at radius 3 is 2.39 bits per heavy atom. The zero-order chi connectivity index (χ0) is 13.3. The number of hydrogen-bond acceptors (Lipinski definition) is 2. The molecule has 1 aromatic heterocycles. The number of benzene rings is 1. The van der Waals surface area contributed by atoms with E-state index in [1.807, 2.05) is 6.92 Å². The van der Waals surface area contributed by atoms with Crippen molar-refractivity contribution in [2.75, 3.05) is 0 Å². The van der Waals surface area contributed by atoms with Crippen LogP contribution in [-0.4, -0.2) is 15.8 Å². The topological polar surface area (TPSA) is 43.8 Å². The molecule has 0 amide bonds. The lowest BCUT2D eigenvalue weighted by Crippen LogP contribution is -2.18. The first-order valence-corrected chi connectivity index (χ1v) is 5.72. The zero-order valence-electron chi connectivity index (χ0n) is 10.3. The van der Waals surface area contributed by atoms with Crippen LogP contribution in [-0.2, 0) is 6.42 Å². The molecule has 0 saturated heterocycles. The van der Waals surface area contributed by atoms with Crippen molar-refractivity contribution in [1.29, 1.82) is 0 Å². The van der Waals surface area contributed by atoms with E-state index in [1.54, 1.807) is 19.3 Å². The predicted molar refractivity (Wildman–Crippen MR) is 65.6 cm³/mol. The minimum atomic E-state index is -0.631. The summed E-state index contributed by atoms with van der Waals surface area (Å²) >= 11 is 0. The standard InChI is InChI=1S/C13H15F2N3/c1-8-6-17-18(7-8)13-11(14)4-10(3-9(2)16)5-12(13)15/h4-7,9H,3,16H2,1-2H3. The Bertz CT molecular complexity index is 538. The van der Waals surface area contributed by atoms with Gasteiger partial charge in [0.1, 0.15) is 5.69 Å². The summed E-state index contributed by atoms with van der Waals surface area (Å²) in [5.74, 6) is -1.26. The SMILES string of the molecule is Cc1cnn(-c2c(F)cc(CC(C)N)cc2F)c1. The number of hydrogen-bond donors (Lipinski definition) is 1. The van der Waals surface area contributed by atoms with Crippen LogP contribution in [0.3, 0.4) is 0 Å². The van der Waals surface area contributed by atoms with E-state index in [2.05, 4.69) is 5.10 Å². The molecule has 0 radical (unpaired) electrons. The Balaban J connectivity index is 2.44. The lowest BCUT2D eigenvalue weighted by molar-refractivity contribution is 0.555. The molecule has 96 valence electrons. The van der Waals surface area contributed by atoms with E-state index in [-0.39, 0.29) is 11.7 Å². The molecule has 0 fully saturated rings. The van der Waals surface area contributed by atoms with Gasteiger partial charge in [0, 0.05) is 12.2 Å². The van der Waals surface area contributed by atoms with Crippen LogP contribution in [0.5, 0.6) is 0 Å². The molecule has 0 aliphatic heterocycles. The Hall–Kier alpha value is -1.75. The van der Waals surface area contributed by atoms with E-state index in [4.69, 9.17) is 5.73 Å². The largest absolute Gasteiger partial charge is 0.328 e. The van der Waals surface area contributed by atoms with Gasteiger partial charge in [0.25, 0.3) is 0 Å². The fourth-order valence-electron chi connectivity index (χ4n) is 1.86. The molecule has 0 saturated carbocycles. The first-order valence-electron chi connectivity index (χ1n) is 5.72. The second-order valence-corrected chi connectivity index (χ2v) is 4.55. The summed E-state index contributed by atoms with van der Waals surface area (Å²) in [7, 11) is 0. The van der Waals surface area contributed by atoms with Crippen LogP contribution in [0.2, 0.25) is 0 Å². The first-order chi connectivity index (χ1) is 8.47. The number of aromatic nitrogens is 2. The van der Waals surface area contributed by atoms with Crippen LogP contribution < -0.4 is 5.73 Å². The first kappa shape index (κ1) is 12.7. The molecule has 0 aliphatic rings. The molecule has 1 heterocycles. The molecule has 3 nitrogen and oxygen atoms in total. The Morgan fingerprint density at radius 1 is 1.33 bits per heavy atom. The van der Waals surface area contributed by atoms with E-state index in [1.165, 1.54) is 16.8 Å². The molecule has 0 aliphatic carbocycles. The van der Waals surface area contributed by atoms with Gasteiger partial charge in [-0.2, -0.15) is 5.10 Å². The molecule has 5 heteroatoms. The van der Waals surface area contributed by atoms with Crippen LogP contribution in [0.1, 0.15) is 18.1 Å². The van der Waals surface area contributed by atoms with Crippen molar-refractivity contribution in [1.82, 2.24) is 9.78 Å². The summed E-state index contributed by atoms with van der Waals surface area (Å²) in [5.41, 5.74) is 6.85. The molecule has 0 bridgehead atoms. The maximum absolute atomic E-state index is 13.9. The minimum absolute atomic E-state index is 0.137. The van der Waals surface area contributed by atoms with Gasteiger partial charge >= 0.3 is 0 Å². The van der Waals surface area contributed by atoms with Crippen molar-refractivity contribution < 1.29 is 8.78 Å². The van der Waals surface area contributed by atoms with Gasteiger partial charge in [0.05, 0.1) is 6.20 Å². The summed E-state index contributed by atoms with van der Waals surface area (Å²) in [6, 6.07) is 2.47. The van der Waals surface area contributed by atoms with E-state index in [0.29, 0.717) is 12.0 Å². The average Bonchev–Trinajstić information content (AvgIpc) is 2.62. The third kappa shape index (κ3) is 2.56. The second kappa shape index (κ2) is 4.86. The second-order valence-electron chi connectivity index (χ2n) is 4.55. The van der Waals surface area contributed by atoms with E-state index in [9.17, 15) is 8.78 Å². The number of halogens is 2. The molecule has 0 spiro atoms. The van der Waals surface area contributed by atoms with Gasteiger partial charge in [0.2, 0.25) is 0 Å². The van der Waals surface area contributed by atoms with Gasteiger partial charge in [0.15, 0.2) is 11.6 Å². The molecule has 1 aromatic carbocycles. The Morgan fingerprint density at radius 2 is 1.94 bits per heavy atom. The highest BCUT2D eigenvalue weighted by Gasteiger charge is 2.14. The molecule has 2 N–H and O–H groups in total. The fraction of sp³-hybridized carbons (Fsp3) is 0.308. The maximum atomic E-state index is 13.9. The highest BCUT2D eigenvalue weighted by atomic mass is 19.1. The van der Waals surface area contributed by atoms with E-state index in [0.717, 1.165) is 5.56 Å². The van der Waals surface area contributed by atoms with Gasteiger partial charge in [-0.05, 0) is 43.5 Å². The quantitative estimate of drug-likeness (QED) is 0.910. The zero-order valence-corrected chi connectivity index (χ0v) is 10.3. The molecule has 2 rings (SSSR count). The number of aryl methyl sites for hydroxylation is 1. The molecular weight excluding hydrogens is 236 g/mol. The third-order valence-corrected chi connectivity index (χ3v) is 2.58. The van der Waals surface area contributed by atoms with Gasteiger partial charge < -0.3 is 5.73 Å². The normalized spacial score (nSPS) is 12.7. The highest BCUT2D eigenvalue weighted by Crippen LogP contribution is 2.20. The van der Waals surface area contributed by atoms with E-state index < -0.39 is 11.6 Å². The summed E-state index contributed by atoms with van der Waals surface area (Å²) in [5, 5.41) is 3.91. The van der Waals surface area contributed by atoms with E-state index >= 15 is 0 Å². The molecular formula is C13H15F2N3. The van der Waals surface area contributed by atoms with Crippen molar-refractivity contribution >= 4 is 0 Å². The molecule has 1 atom stereocenters. The molecule has 1 unspecified atom stereocenters. The molecule has 18 heavy (non-hydrogen) atoms. The third-order valence-electron chi connectivity index (χ3n) is 2.58. The predicted octanol–water partition coefficient (Wildman–Crippen LogP) is 2.35. The average molecular weight is 251 g/mol. The number of nitrogens with zero attached hydrogens (tertiary/aromatic N) is 2. The van der Waals surface area contributed by atoms with Crippen LogP contribution in [0.4, 0.5) is 8.78 Å². The monoisotopic (exact) mass is 251 g/mol. The van der Waals surface area contributed by atoms with Gasteiger partial charge in [-0.3, -0.25) is 0 Å². The Kier molecular flexibility index (Phi) is 3.43. The van der Waals surface area contributed by atoms with Crippen molar-refractivity contribution in [3.8, 4) is 5.69 Å². The van der Waals surface area contributed by atoms with Crippen molar-refractivity contribution in [2.24, 2.45) is 5.73 Å². The maximum Gasteiger partial charge on any atom is 0.152 e. The number of rotatable bonds is 3. The van der Waals surface area contributed by atoms with Gasteiger partial charge in [-0.15, -0.1) is 0 Å². The fourth-order valence-corrected chi connectivity index (χ4v) is 1.86. The molecule has 2 aromatic rings. The summed E-state index contributed by atoms with van der Waals surface area (Å²) < 4.78 is 29.0. The lowest BCUT2D eigenvalue weighted by atomic mass is 10.1. The summed E-state index contributed by atoms with van der Waals surface area (Å²) in [6.07, 6.45) is 3.56. The van der Waals surface area contributed by atoms with Crippen LogP contribution in [0.25, 0.3) is 5.69 Å². The lowest BCUT2D eigenvalue weighted by Gasteiger charge is -2.09. The van der Waals surface area contributed by atoms with Crippen molar-refractivity contribution in [2.45, 2.75) is 26.3 Å². The highest BCUT2D eigenvalue weighted by molar-refractivity contribution is 5.38. The smallest absolute Gasteiger partial charge is 0.152 e. The van der Waals surface area contributed by atoms with Crippen molar-refractivity contribution in [3.05, 3.63) is 47.3 Å². The van der Waals surface area contributed by atoms with Crippen LogP contribution >= 0.6 is 0 Å². The van der Waals surface area contributed by atoms with Gasteiger partial charge in [-0.1, -0.05) is 0 Å². The van der Waals surface area contributed by atoms with Crippen LogP contribution in [0, 0.1) is 18.6 Å². The van der Waals surface area contributed by atoms with Gasteiger partial charge in [-0.25, -0.2) is 13.5 Å². The minimum Gasteiger partial charge on any atom is -0.328 e. The van der Waals surface area contributed by atoms with Crippen molar-refractivity contribution in [3.63, 3.8) is 0 Å². The summed E-state index contributed by atoms with van der Waals surface area (Å²) in [4.78, 5) is 0.